The summed E-state index contributed by atoms with van der Waals surface area (Å²) in [5.41, 5.74) is 6.84. The van der Waals surface area contributed by atoms with E-state index in [4.69, 9.17) is 15.2 Å². The Hall–Kier alpha value is -1.75. The molecule has 3 atom stereocenters. The van der Waals surface area contributed by atoms with E-state index in [9.17, 15) is 4.79 Å². The lowest BCUT2D eigenvalue weighted by Gasteiger charge is -2.25. The third-order valence-corrected chi connectivity index (χ3v) is 3.90. The Morgan fingerprint density at radius 1 is 1.14 bits per heavy atom. The summed E-state index contributed by atoms with van der Waals surface area (Å²) in [4.78, 5) is 11.5. The number of carbonyl (C=O) groups excluding carboxylic acids is 1. The fourth-order valence-corrected chi connectivity index (χ4v) is 2.47. The summed E-state index contributed by atoms with van der Waals surface area (Å²) in [5, 5.41) is 0. The molecule has 2 N–H and O–H groups in total. The highest BCUT2D eigenvalue weighted by atomic mass is 16.5. The minimum absolute atomic E-state index is 0.131. The zero-order valence-corrected chi connectivity index (χ0v) is 13.4. The number of ether oxygens (including phenoxy) is 3. The van der Waals surface area contributed by atoms with Crippen molar-refractivity contribution >= 4 is 5.97 Å². The molecule has 118 valence electrons. The van der Waals surface area contributed by atoms with Crippen molar-refractivity contribution in [3.05, 3.63) is 23.8 Å². The largest absolute Gasteiger partial charge is 0.496 e. The highest BCUT2D eigenvalue weighted by Gasteiger charge is 2.26. The van der Waals surface area contributed by atoms with E-state index in [2.05, 4.69) is 18.6 Å². The number of methoxy groups -OCH3 is 3. The van der Waals surface area contributed by atoms with Gasteiger partial charge in [0.05, 0.1) is 21.3 Å². The van der Waals surface area contributed by atoms with Crippen molar-refractivity contribution in [1.82, 2.24) is 0 Å². The molecule has 1 aromatic carbocycles. The molecule has 3 unspecified atom stereocenters. The average molecular weight is 295 g/mol. The molecule has 0 amide bonds. The Balaban J connectivity index is 2.97. The van der Waals surface area contributed by atoms with Gasteiger partial charge in [-0.2, -0.15) is 0 Å². The number of nitrogens with two attached hydrogens (primary N) is 1. The van der Waals surface area contributed by atoms with Gasteiger partial charge in [0.15, 0.2) is 0 Å². The lowest BCUT2D eigenvalue weighted by molar-refractivity contribution is -0.142. The van der Waals surface area contributed by atoms with Crippen LogP contribution in [-0.4, -0.2) is 33.3 Å². The summed E-state index contributed by atoms with van der Waals surface area (Å²) >= 11 is 0. The van der Waals surface area contributed by atoms with E-state index in [1.165, 1.54) is 7.11 Å². The van der Waals surface area contributed by atoms with Crippen LogP contribution in [0.3, 0.4) is 0 Å². The van der Waals surface area contributed by atoms with Crippen molar-refractivity contribution in [2.45, 2.75) is 32.2 Å². The van der Waals surface area contributed by atoms with E-state index in [0.29, 0.717) is 6.42 Å². The second-order valence-electron chi connectivity index (χ2n) is 5.21. The molecular weight excluding hydrogens is 270 g/mol. The first-order chi connectivity index (χ1) is 9.96. The minimum Gasteiger partial charge on any atom is -0.496 e. The summed E-state index contributed by atoms with van der Waals surface area (Å²) in [6.07, 6.45) is 0.537. The Morgan fingerprint density at radius 3 is 2.10 bits per heavy atom. The molecule has 0 fully saturated rings. The van der Waals surface area contributed by atoms with Crippen LogP contribution in [0.2, 0.25) is 0 Å². The molecule has 0 aliphatic rings. The number of rotatable bonds is 7. The lowest BCUT2D eigenvalue weighted by Crippen LogP contribution is -2.34. The van der Waals surface area contributed by atoms with Gasteiger partial charge in [0.25, 0.3) is 0 Å². The highest BCUT2D eigenvalue weighted by molar-refractivity contribution is 5.75. The van der Waals surface area contributed by atoms with Crippen molar-refractivity contribution in [2.75, 3.05) is 21.3 Å². The molecule has 0 aliphatic carbocycles. The quantitative estimate of drug-likeness (QED) is 0.782. The predicted molar refractivity (Wildman–Crippen MR) is 81.7 cm³/mol. The number of esters is 1. The van der Waals surface area contributed by atoms with Crippen molar-refractivity contribution in [3.63, 3.8) is 0 Å². The first-order valence-corrected chi connectivity index (χ1v) is 7.00. The Labute approximate surface area is 126 Å². The van der Waals surface area contributed by atoms with Crippen LogP contribution in [0.15, 0.2) is 18.2 Å². The van der Waals surface area contributed by atoms with Gasteiger partial charge in [-0.25, -0.2) is 0 Å². The Kier molecular flexibility index (Phi) is 6.49. The molecule has 1 rings (SSSR count). The first-order valence-electron chi connectivity index (χ1n) is 7.00. The first kappa shape index (κ1) is 17.3. The van der Waals surface area contributed by atoms with Gasteiger partial charge in [-0.3, -0.25) is 4.79 Å². The van der Waals surface area contributed by atoms with Crippen molar-refractivity contribution in [2.24, 2.45) is 11.7 Å². The molecule has 0 saturated heterocycles. The average Bonchev–Trinajstić information content (AvgIpc) is 2.51. The summed E-state index contributed by atoms with van der Waals surface area (Å²) < 4.78 is 15.5. The number of carbonyl (C=O) groups is 1. The third kappa shape index (κ3) is 4.11. The molecule has 21 heavy (non-hydrogen) atoms. The second-order valence-corrected chi connectivity index (χ2v) is 5.21. The van der Waals surface area contributed by atoms with E-state index in [0.717, 1.165) is 17.1 Å². The molecule has 0 spiro atoms. The standard InChI is InChI=1S/C16H25NO4/c1-10(9-12(17)16(18)21-5)11(2)15-13(19-3)7-6-8-14(15)20-4/h6-8,10-12H,9,17H2,1-5H3. The van der Waals surface area contributed by atoms with Gasteiger partial charge in [0.1, 0.15) is 17.5 Å². The fourth-order valence-electron chi connectivity index (χ4n) is 2.47. The molecule has 0 aliphatic heterocycles. The van der Waals surface area contributed by atoms with E-state index in [1.54, 1.807) is 14.2 Å². The predicted octanol–water partition coefficient (Wildman–Crippen LogP) is 2.33. The van der Waals surface area contributed by atoms with Crippen molar-refractivity contribution < 1.29 is 19.0 Å². The van der Waals surface area contributed by atoms with Crippen LogP contribution in [0.5, 0.6) is 11.5 Å². The summed E-state index contributed by atoms with van der Waals surface area (Å²) in [7, 11) is 4.62. The van der Waals surface area contributed by atoms with E-state index in [-0.39, 0.29) is 17.8 Å². The van der Waals surface area contributed by atoms with Crippen molar-refractivity contribution in [1.29, 1.82) is 0 Å². The van der Waals surface area contributed by atoms with Crippen molar-refractivity contribution in [3.8, 4) is 11.5 Å². The van der Waals surface area contributed by atoms with Crippen LogP contribution in [0.25, 0.3) is 0 Å². The normalized spacial score (nSPS) is 15.0. The molecule has 5 nitrogen and oxygen atoms in total. The van der Waals surface area contributed by atoms with Gasteiger partial charge >= 0.3 is 5.97 Å². The molecule has 1 aromatic rings. The fraction of sp³-hybridized carbons (Fsp3) is 0.562. The molecular formula is C16H25NO4. The van der Waals surface area contributed by atoms with Gasteiger partial charge in [0.2, 0.25) is 0 Å². The second kappa shape index (κ2) is 7.88. The number of benzene rings is 1. The molecule has 0 heterocycles. The maximum Gasteiger partial charge on any atom is 0.322 e. The summed E-state index contributed by atoms with van der Waals surface area (Å²) in [5.74, 6) is 1.47. The lowest BCUT2D eigenvalue weighted by atomic mass is 9.84. The van der Waals surface area contributed by atoms with Crippen LogP contribution >= 0.6 is 0 Å². The van der Waals surface area contributed by atoms with Gasteiger partial charge in [-0.15, -0.1) is 0 Å². The summed E-state index contributed by atoms with van der Waals surface area (Å²) in [6.45, 7) is 4.13. The van der Waals surface area contributed by atoms with E-state index >= 15 is 0 Å². The maximum atomic E-state index is 11.5. The SMILES string of the molecule is COC(=O)C(N)CC(C)C(C)c1c(OC)cccc1OC. The topological polar surface area (TPSA) is 70.8 Å². The Morgan fingerprint density at radius 2 is 1.67 bits per heavy atom. The van der Waals surface area contributed by atoms with Crippen LogP contribution in [0, 0.1) is 5.92 Å². The van der Waals surface area contributed by atoms with E-state index in [1.807, 2.05) is 18.2 Å². The van der Waals surface area contributed by atoms with Crippen LogP contribution in [-0.2, 0) is 9.53 Å². The van der Waals surface area contributed by atoms with Gasteiger partial charge in [-0.05, 0) is 30.4 Å². The molecule has 0 aromatic heterocycles. The van der Waals surface area contributed by atoms with Gasteiger partial charge in [0, 0.05) is 5.56 Å². The zero-order valence-electron chi connectivity index (χ0n) is 13.4. The molecule has 0 radical (unpaired) electrons. The maximum absolute atomic E-state index is 11.5. The minimum atomic E-state index is -0.617. The molecule has 0 saturated carbocycles. The smallest absolute Gasteiger partial charge is 0.322 e. The molecule has 5 heteroatoms. The van der Waals surface area contributed by atoms with Crippen LogP contribution < -0.4 is 15.2 Å². The van der Waals surface area contributed by atoms with E-state index < -0.39 is 6.04 Å². The molecule has 0 bridgehead atoms. The van der Waals surface area contributed by atoms with Crippen LogP contribution in [0.1, 0.15) is 31.7 Å². The highest BCUT2D eigenvalue weighted by Crippen LogP contribution is 2.39. The van der Waals surface area contributed by atoms with Crippen LogP contribution in [0.4, 0.5) is 0 Å². The third-order valence-electron chi connectivity index (χ3n) is 3.90. The van der Waals surface area contributed by atoms with Gasteiger partial charge in [-0.1, -0.05) is 19.9 Å². The number of hydrogen-bond donors (Lipinski definition) is 1. The Bertz CT molecular complexity index is 453. The monoisotopic (exact) mass is 295 g/mol. The summed E-state index contributed by atoms with van der Waals surface area (Å²) in [6, 6.07) is 5.08. The number of hydrogen-bond acceptors (Lipinski definition) is 5. The zero-order chi connectivity index (χ0) is 16.0. The van der Waals surface area contributed by atoms with Gasteiger partial charge < -0.3 is 19.9 Å².